The van der Waals surface area contributed by atoms with Crippen molar-refractivity contribution in [1.29, 1.82) is 0 Å². The van der Waals surface area contributed by atoms with E-state index in [1.54, 1.807) is 6.07 Å². The molecule has 0 unspecified atom stereocenters. The van der Waals surface area contributed by atoms with Crippen molar-refractivity contribution in [3.8, 4) is 0 Å². The molecule has 0 atom stereocenters. The van der Waals surface area contributed by atoms with Crippen LogP contribution in [0.1, 0.15) is 51.0 Å². The molecule has 1 aromatic carbocycles. The Morgan fingerprint density at radius 2 is 1.81 bits per heavy atom. The molecule has 1 heteroatoms. The van der Waals surface area contributed by atoms with Gasteiger partial charge in [-0.05, 0) is 42.4 Å². The summed E-state index contributed by atoms with van der Waals surface area (Å²) in [7, 11) is 0. The fourth-order valence-corrected chi connectivity index (χ4v) is 2.90. The monoisotopic (exact) mass is 220 g/mol. The summed E-state index contributed by atoms with van der Waals surface area (Å²) < 4.78 is 13.1. The molecule has 16 heavy (non-hydrogen) atoms. The van der Waals surface area contributed by atoms with Crippen LogP contribution in [0.3, 0.4) is 0 Å². The predicted octanol–water partition coefficient (Wildman–Crippen LogP) is 4.73. The average Bonchev–Trinajstić information content (AvgIpc) is 2.43. The first-order valence-corrected chi connectivity index (χ1v) is 6.42. The Morgan fingerprint density at radius 3 is 2.44 bits per heavy atom. The molecular weight excluding hydrogens is 199 g/mol. The van der Waals surface area contributed by atoms with E-state index in [1.165, 1.54) is 44.6 Å². The minimum Gasteiger partial charge on any atom is -0.207 e. The summed E-state index contributed by atoms with van der Waals surface area (Å²) in [5, 5.41) is 0. The standard InChI is InChI=1S/C15H21F/c1-15(9-4-2-3-5-10-15)12-13-7-6-8-14(16)11-13/h6-8,11H,2-5,9-10,12H2,1H3. The summed E-state index contributed by atoms with van der Waals surface area (Å²) in [6.07, 6.45) is 9.05. The second-order valence-electron chi connectivity index (χ2n) is 5.53. The third-order valence-electron chi connectivity index (χ3n) is 3.83. The van der Waals surface area contributed by atoms with Gasteiger partial charge in [-0.1, -0.05) is 44.7 Å². The lowest BCUT2D eigenvalue weighted by Gasteiger charge is -2.28. The fourth-order valence-electron chi connectivity index (χ4n) is 2.90. The van der Waals surface area contributed by atoms with Crippen LogP contribution in [-0.2, 0) is 6.42 Å². The molecular formula is C15H21F. The number of hydrogen-bond donors (Lipinski definition) is 0. The van der Waals surface area contributed by atoms with E-state index >= 15 is 0 Å². The molecule has 0 aliphatic heterocycles. The predicted molar refractivity (Wildman–Crippen MR) is 65.9 cm³/mol. The van der Waals surface area contributed by atoms with Gasteiger partial charge in [0.25, 0.3) is 0 Å². The molecule has 1 saturated carbocycles. The molecule has 0 bridgehead atoms. The zero-order valence-electron chi connectivity index (χ0n) is 10.1. The van der Waals surface area contributed by atoms with Crippen LogP contribution in [0.5, 0.6) is 0 Å². The van der Waals surface area contributed by atoms with Crippen LogP contribution in [0.2, 0.25) is 0 Å². The zero-order valence-corrected chi connectivity index (χ0v) is 10.1. The number of halogens is 1. The molecule has 0 amide bonds. The van der Waals surface area contributed by atoms with Gasteiger partial charge in [0.15, 0.2) is 0 Å². The van der Waals surface area contributed by atoms with E-state index in [0.29, 0.717) is 5.41 Å². The van der Waals surface area contributed by atoms with Crippen molar-refractivity contribution in [2.75, 3.05) is 0 Å². The van der Waals surface area contributed by atoms with Crippen molar-refractivity contribution in [3.05, 3.63) is 35.6 Å². The highest BCUT2D eigenvalue weighted by molar-refractivity contribution is 5.17. The summed E-state index contributed by atoms with van der Waals surface area (Å²) in [6, 6.07) is 7.10. The third kappa shape index (κ3) is 3.07. The third-order valence-corrected chi connectivity index (χ3v) is 3.83. The van der Waals surface area contributed by atoms with Crippen molar-refractivity contribution < 1.29 is 4.39 Å². The fraction of sp³-hybridized carbons (Fsp3) is 0.600. The van der Waals surface area contributed by atoms with Gasteiger partial charge in [-0.15, -0.1) is 0 Å². The van der Waals surface area contributed by atoms with Crippen molar-refractivity contribution in [1.82, 2.24) is 0 Å². The highest BCUT2D eigenvalue weighted by atomic mass is 19.1. The molecule has 0 heterocycles. The summed E-state index contributed by atoms with van der Waals surface area (Å²) in [4.78, 5) is 0. The summed E-state index contributed by atoms with van der Waals surface area (Å²) in [5.74, 6) is -0.102. The van der Waals surface area contributed by atoms with E-state index in [9.17, 15) is 4.39 Å². The van der Waals surface area contributed by atoms with Crippen LogP contribution in [0, 0.1) is 11.2 Å². The first kappa shape index (κ1) is 11.6. The van der Waals surface area contributed by atoms with Crippen LogP contribution >= 0.6 is 0 Å². The van der Waals surface area contributed by atoms with E-state index in [0.717, 1.165) is 12.0 Å². The van der Waals surface area contributed by atoms with Crippen molar-refractivity contribution in [2.24, 2.45) is 5.41 Å². The van der Waals surface area contributed by atoms with Crippen molar-refractivity contribution in [2.45, 2.75) is 51.9 Å². The van der Waals surface area contributed by atoms with Crippen molar-refractivity contribution in [3.63, 3.8) is 0 Å². The normalized spacial score (nSPS) is 20.4. The molecule has 0 aromatic heterocycles. The molecule has 1 fully saturated rings. The topological polar surface area (TPSA) is 0 Å². The van der Waals surface area contributed by atoms with E-state index in [1.807, 2.05) is 6.07 Å². The Morgan fingerprint density at radius 1 is 1.12 bits per heavy atom. The molecule has 1 aliphatic rings. The van der Waals surface area contributed by atoms with Gasteiger partial charge in [0, 0.05) is 0 Å². The largest absolute Gasteiger partial charge is 0.207 e. The number of benzene rings is 1. The lowest BCUT2D eigenvalue weighted by atomic mass is 9.77. The second kappa shape index (κ2) is 4.99. The van der Waals surface area contributed by atoms with Gasteiger partial charge >= 0.3 is 0 Å². The second-order valence-corrected chi connectivity index (χ2v) is 5.53. The molecule has 1 aromatic rings. The van der Waals surface area contributed by atoms with Gasteiger partial charge in [0.2, 0.25) is 0 Å². The minimum absolute atomic E-state index is 0.102. The van der Waals surface area contributed by atoms with Gasteiger partial charge in [-0.25, -0.2) is 4.39 Å². The highest BCUT2D eigenvalue weighted by Gasteiger charge is 2.25. The maximum Gasteiger partial charge on any atom is 0.123 e. The van der Waals surface area contributed by atoms with Gasteiger partial charge < -0.3 is 0 Å². The first-order valence-electron chi connectivity index (χ1n) is 6.42. The summed E-state index contributed by atoms with van der Waals surface area (Å²) in [6.45, 7) is 2.36. The number of hydrogen-bond acceptors (Lipinski definition) is 0. The van der Waals surface area contributed by atoms with Crippen LogP contribution in [-0.4, -0.2) is 0 Å². The van der Waals surface area contributed by atoms with Crippen molar-refractivity contribution >= 4 is 0 Å². The molecule has 0 nitrogen and oxygen atoms in total. The lowest BCUT2D eigenvalue weighted by molar-refractivity contribution is 0.275. The van der Waals surface area contributed by atoms with E-state index in [4.69, 9.17) is 0 Å². The van der Waals surface area contributed by atoms with Gasteiger partial charge in [-0.2, -0.15) is 0 Å². The SMILES string of the molecule is CC1(Cc2cccc(F)c2)CCCCCC1. The van der Waals surface area contributed by atoms with Crippen LogP contribution in [0.15, 0.2) is 24.3 Å². The van der Waals surface area contributed by atoms with Gasteiger partial charge in [-0.3, -0.25) is 0 Å². The molecule has 88 valence electrons. The Bertz CT molecular complexity index is 335. The molecule has 0 saturated heterocycles. The smallest absolute Gasteiger partial charge is 0.123 e. The minimum atomic E-state index is -0.102. The first-order chi connectivity index (χ1) is 7.68. The van der Waals surface area contributed by atoms with E-state index < -0.39 is 0 Å². The van der Waals surface area contributed by atoms with Crippen LogP contribution in [0.25, 0.3) is 0 Å². The summed E-state index contributed by atoms with van der Waals surface area (Å²) in [5.41, 5.74) is 1.55. The molecule has 1 aliphatic carbocycles. The van der Waals surface area contributed by atoms with Crippen LogP contribution in [0.4, 0.5) is 4.39 Å². The lowest BCUT2D eigenvalue weighted by Crippen LogP contribution is -2.18. The van der Waals surface area contributed by atoms with E-state index in [-0.39, 0.29) is 5.82 Å². The van der Waals surface area contributed by atoms with E-state index in [2.05, 4.69) is 13.0 Å². The average molecular weight is 220 g/mol. The Balaban J connectivity index is 2.06. The Hall–Kier alpha value is -0.850. The number of rotatable bonds is 2. The Labute approximate surface area is 97.9 Å². The highest BCUT2D eigenvalue weighted by Crippen LogP contribution is 2.37. The van der Waals surface area contributed by atoms with Gasteiger partial charge in [0.1, 0.15) is 5.82 Å². The maximum absolute atomic E-state index is 13.1. The molecule has 2 rings (SSSR count). The molecule has 0 N–H and O–H groups in total. The summed E-state index contributed by atoms with van der Waals surface area (Å²) >= 11 is 0. The van der Waals surface area contributed by atoms with Crippen LogP contribution < -0.4 is 0 Å². The molecule has 0 spiro atoms. The quantitative estimate of drug-likeness (QED) is 0.632. The maximum atomic E-state index is 13.1. The van der Waals surface area contributed by atoms with Gasteiger partial charge in [0.05, 0.1) is 0 Å². The zero-order chi connectivity index (χ0) is 11.4. The Kier molecular flexibility index (Phi) is 3.63. The molecule has 0 radical (unpaired) electrons.